The minimum Gasteiger partial charge on any atom is -0.358 e. The van der Waals surface area contributed by atoms with Gasteiger partial charge in [-0.3, -0.25) is 4.79 Å². The van der Waals surface area contributed by atoms with Crippen LogP contribution in [0, 0.1) is 0 Å². The number of hydrogen-bond donors (Lipinski definition) is 0. The fraction of sp³-hybridized carbons (Fsp3) is 0.350. The van der Waals surface area contributed by atoms with Gasteiger partial charge in [-0.25, -0.2) is 5.01 Å². The largest absolute Gasteiger partial charge is 0.358 e. The first-order chi connectivity index (χ1) is 13.6. The lowest BCUT2D eigenvalue weighted by atomic mass is 10.0. The third-order valence-corrected chi connectivity index (χ3v) is 7.59. The van der Waals surface area contributed by atoms with Crippen molar-refractivity contribution in [3.63, 3.8) is 0 Å². The second-order valence-electron chi connectivity index (χ2n) is 6.78. The van der Waals surface area contributed by atoms with Crippen molar-refractivity contribution in [3.8, 4) is 0 Å². The molecule has 0 aliphatic carbocycles. The van der Waals surface area contributed by atoms with E-state index in [2.05, 4.69) is 4.90 Å². The second-order valence-corrected chi connectivity index (χ2v) is 9.78. The number of halogens is 1. The van der Waals surface area contributed by atoms with E-state index in [0.29, 0.717) is 17.2 Å². The van der Waals surface area contributed by atoms with Crippen LogP contribution in [0.5, 0.6) is 0 Å². The molecule has 2 aliphatic heterocycles. The Morgan fingerprint density at radius 2 is 2.00 bits per heavy atom. The highest BCUT2D eigenvalue weighted by molar-refractivity contribution is 8.23. The monoisotopic (exact) mass is 449 g/mol. The van der Waals surface area contributed by atoms with Crippen molar-refractivity contribution in [1.29, 1.82) is 0 Å². The van der Waals surface area contributed by atoms with Crippen LogP contribution in [0.2, 0.25) is 5.02 Å². The van der Waals surface area contributed by atoms with E-state index in [1.54, 1.807) is 16.3 Å². The Morgan fingerprint density at radius 3 is 2.68 bits per heavy atom. The number of rotatable bonds is 4. The Hall–Kier alpha value is -1.41. The molecule has 1 aromatic carbocycles. The molecule has 1 atom stereocenters. The van der Waals surface area contributed by atoms with E-state index >= 15 is 0 Å². The maximum Gasteiger partial charge on any atom is 0.253 e. The molecule has 4 nitrogen and oxygen atoms in total. The molecule has 3 heterocycles. The van der Waals surface area contributed by atoms with Gasteiger partial charge in [0.05, 0.1) is 22.4 Å². The van der Waals surface area contributed by atoms with Gasteiger partial charge in [-0.15, -0.1) is 11.3 Å². The number of carbonyl (C=O) groups excluding carboxylic acids is 1. The molecular formula is C20H20ClN3OS3. The van der Waals surface area contributed by atoms with Gasteiger partial charge in [0.15, 0.2) is 0 Å². The summed E-state index contributed by atoms with van der Waals surface area (Å²) in [7, 11) is 0. The van der Waals surface area contributed by atoms with Gasteiger partial charge < -0.3 is 4.90 Å². The molecule has 2 aliphatic rings. The number of carbonyl (C=O) groups is 1. The summed E-state index contributed by atoms with van der Waals surface area (Å²) in [4.78, 5) is 16.3. The molecule has 4 rings (SSSR count). The molecule has 0 unspecified atom stereocenters. The van der Waals surface area contributed by atoms with Crippen LogP contribution in [0.3, 0.4) is 0 Å². The summed E-state index contributed by atoms with van der Waals surface area (Å²) in [6.45, 7) is 2.00. The predicted octanol–water partition coefficient (Wildman–Crippen LogP) is 5.19. The minimum absolute atomic E-state index is 0.0157. The van der Waals surface area contributed by atoms with E-state index in [9.17, 15) is 4.79 Å². The predicted molar refractivity (Wildman–Crippen MR) is 122 cm³/mol. The summed E-state index contributed by atoms with van der Waals surface area (Å²) in [6, 6.07) is 11.6. The maximum absolute atomic E-state index is 13.0. The van der Waals surface area contributed by atoms with Crippen molar-refractivity contribution < 1.29 is 4.79 Å². The molecule has 8 heteroatoms. The van der Waals surface area contributed by atoms with Gasteiger partial charge in [0.2, 0.25) is 0 Å². The van der Waals surface area contributed by atoms with E-state index in [1.165, 1.54) is 24.6 Å². The molecule has 0 radical (unpaired) electrons. The molecule has 146 valence electrons. The topological polar surface area (TPSA) is 35.9 Å². The van der Waals surface area contributed by atoms with Gasteiger partial charge in [-0.1, -0.05) is 53.8 Å². The van der Waals surface area contributed by atoms with Crippen molar-refractivity contribution in [2.75, 3.05) is 18.8 Å². The first-order valence-electron chi connectivity index (χ1n) is 9.22. The summed E-state index contributed by atoms with van der Waals surface area (Å²) in [5.74, 6) is 0.291. The van der Waals surface area contributed by atoms with Crippen LogP contribution in [-0.2, 0) is 4.79 Å². The normalized spacial score (nSPS) is 19.2. The third-order valence-electron chi connectivity index (χ3n) is 4.91. The van der Waals surface area contributed by atoms with Gasteiger partial charge in [-0.2, -0.15) is 5.10 Å². The number of thioether (sulfide) groups is 1. The Morgan fingerprint density at radius 1 is 1.25 bits per heavy atom. The van der Waals surface area contributed by atoms with Gasteiger partial charge in [-0.05, 0) is 42.0 Å². The first kappa shape index (κ1) is 19.9. The summed E-state index contributed by atoms with van der Waals surface area (Å²) >= 11 is 14.6. The molecule has 1 aromatic heterocycles. The average Bonchev–Trinajstić information content (AvgIpc) is 3.47. The number of nitrogens with zero attached hydrogens (tertiary/aromatic N) is 3. The fourth-order valence-electron chi connectivity index (χ4n) is 3.46. The van der Waals surface area contributed by atoms with E-state index in [4.69, 9.17) is 28.9 Å². The quantitative estimate of drug-likeness (QED) is 0.601. The molecule has 2 aromatic rings. The van der Waals surface area contributed by atoms with Gasteiger partial charge in [0.25, 0.3) is 5.91 Å². The molecule has 1 fully saturated rings. The van der Waals surface area contributed by atoms with E-state index in [1.807, 2.05) is 41.8 Å². The molecule has 28 heavy (non-hydrogen) atoms. The maximum atomic E-state index is 13.0. The molecular weight excluding hydrogens is 430 g/mol. The standard InChI is InChI=1S/C20H20ClN3OS3/c21-15-7-5-14(6-8-15)17-12-16(18-4-3-11-27-18)22-24(17)19(25)13-28-20(26)23-9-1-2-10-23/h3-8,11,17H,1-2,9-10,12-13H2/t17-/m0/s1. The van der Waals surface area contributed by atoms with Crippen molar-refractivity contribution >= 4 is 62.9 Å². The van der Waals surface area contributed by atoms with Crippen LogP contribution in [0.25, 0.3) is 0 Å². The van der Waals surface area contributed by atoms with Crippen LogP contribution in [-0.4, -0.2) is 44.7 Å². The van der Waals surface area contributed by atoms with Crippen LogP contribution < -0.4 is 0 Å². The summed E-state index contributed by atoms with van der Waals surface area (Å²) in [5, 5.41) is 9.05. The highest BCUT2D eigenvalue weighted by Crippen LogP contribution is 2.34. The molecule has 0 N–H and O–H groups in total. The summed E-state index contributed by atoms with van der Waals surface area (Å²) < 4.78 is 0.815. The Bertz CT molecular complexity index is 877. The van der Waals surface area contributed by atoms with Gasteiger partial charge >= 0.3 is 0 Å². The van der Waals surface area contributed by atoms with Crippen LogP contribution in [0.4, 0.5) is 0 Å². The number of thiocarbonyl (C=S) groups is 1. The van der Waals surface area contributed by atoms with Gasteiger partial charge in [0.1, 0.15) is 4.32 Å². The average molecular weight is 450 g/mol. The molecule has 1 amide bonds. The van der Waals surface area contributed by atoms with Crippen LogP contribution in [0.1, 0.15) is 35.7 Å². The smallest absolute Gasteiger partial charge is 0.253 e. The van der Waals surface area contributed by atoms with E-state index in [-0.39, 0.29) is 11.9 Å². The lowest BCUT2D eigenvalue weighted by molar-refractivity contribution is -0.130. The first-order valence-corrected chi connectivity index (χ1v) is 11.9. The SMILES string of the molecule is O=C(CSC(=S)N1CCCC1)N1N=C(c2cccs2)C[C@H]1c1ccc(Cl)cc1. The highest BCUT2D eigenvalue weighted by Gasteiger charge is 2.33. The number of hydrogen-bond acceptors (Lipinski definition) is 5. The molecule has 0 bridgehead atoms. The van der Waals surface area contributed by atoms with E-state index < -0.39 is 0 Å². The Kier molecular flexibility index (Phi) is 6.35. The van der Waals surface area contributed by atoms with Gasteiger partial charge in [0, 0.05) is 24.5 Å². The van der Waals surface area contributed by atoms with Crippen LogP contribution >= 0.6 is 46.9 Å². The van der Waals surface area contributed by atoms with E-state index in [0.717, 1.165) is 33.6 Å². The zero-order valence-electron chi connectivity index (χ0n) is 15.2. The third kappa shape index (κ3) is 4.43. The number of likely N-dealkylation sites (tertiary alicyclic amines) is 1. The van der Waals surface area contributed by atoms with Crippen molar-refractivity contribution in [1.82, 2.24) is 9.91 Å². The van der Waals surface area contributed by atoms with Crippen molar-refractivity contribution in [2.45, 2.75) is 25.3 Å². The lowest BCUT2D eigenvalue weighted by Crippen LogP contribution is -2.30. The number of benzene rings is 1. The molecule has 0 saturated carbocycles. The minimum atomic E-state index is -0.108. The Balaban J connectivity index is 1.50. The Labute approximate surface area is 183 Å². The fourth-order valence-corrected chi connectivity index (χ4v) is 5.41. The summed E-state index contributed by atoms with van der Waals surface area (Å²) in [5.41, 5.74) is 2.00. The lowest BCUT2D eigenvalue weighted by Gasteiger charge is -2.23. The number of hydrazone groups is 1. The second kappa shape index (κ2) is 8.95. The zero-order chi connectivity index (χ0) is 19.5. The number of amides is 1. The van der Waals surface area contributed by atoms with Crippen molar-refractivity contribution in [3.05, 3.63) is 57.2 Å². The molecule has 1 saturated heterocycles. The van der Waals surface area contributed by atoms with Crippen LogP contribution in [0.15, 0.2) is 46.9 Å². The summed E-state index contributed by atoms with van der Waals surface area (Å²) in [6.07, 6.45) is 3.05. The zero-order valence-corrected chi connectivity index (χ0v) is 18.4. The van der Waals surface area contributed by atoms with Crippen molar-refractivity contribution in [2.24, 2.45) is 5.10 Å². The molecule has 0 spiro atoms. The number of thiophene rings is 1. The highest BCUT2D eigenvalue weighted by atomic mass is 35.5.